The van der Waals surface area contributed by atoms with Gasteiger partial charge in [-0.1, -0.05) is 11.8 Å². The molecule has 0 saturated carbocycles. The molecule has 2 aromatic rings. The number of esters is 1. The Kier molecular flexibility index (Phi) is 4.17. The van der Waals surface area contributed by atoms with Gasteiger partial charge in [-0.25, -0.2) is 9.97 Å². The Hall–Kier alpha value is -1.14. The fourth-order valence-electron chi connectivity index (χ4n) is 2.59. The van der Waals surface area contributed by atoms with E-state index in [0.29, 0.717) is 5.75 Å². The molecule has 0 N–H and O–H groups in total. The van der Waals surface area contributed by atoms with E-state index in [9.17, 15) is 4.79 Å². The van der Waals surface area contributed by atoms with Crippen LogP contribution in [0.4, 0.5) is 0 Å². The van der Waals surface area contributed by atoms with Crippen molar-refractivity contribution < 1.29 is 9.53 Å². The van der Waals surface area contributed by atoms with Crippen molar-refractivity contribution >= 4 is 39.3 Å². The number of aromatic nitrogens is 2. The number of fused-ring (bicyclic) bond motifs is 3. The second-order valence-corrected chi connectivity index (χ2v) is 7.49. The number of ether oxygens (including phenoxy) is 1. The van der Waals surface area contributed by atoms with Crippen molar-refractivity contribution in [3.8, 4) is 0 Å². The molecule has 0 unspecified atom stereocenters. The van der Waals surface area contributed by atoms with Crippen molar-refractivity contribution in [2.24, 2.45) is 0 Å². The zero-order valence-corrected chi connectivity index (χ0v) is 14.1. The van der Waals surface area contributed by atoms with E-state index in [4.69, 9.17) is 4.74 Å². The lowest BCUT2D eigenvalue weighted by Crippen LogP contribution is -2.13. The third-order valence-electron chi connectivity index (χ3n) is 3.34. The van der Waals surface area contributed by atoms with Crippen LogP contribution in [-0.2, 0) is 22.4 Å². The Morgan fingerprint density at radius 1 is 1.38 bits per heavy atom. The van der Waals surface area contributed by atoms with Crippen LogP contribution in [0.5, 0.6) is 0 Å². The molecule has 3 rings (SSSR count). The van der Waals surface area contributed by atoms with E-state index >= 15 is 0 Å². The molecule has 1 aliphatic rings. The van der Waals surface area contributed by atoms with E-state index in [1.54, 1.807) is 11.3 Å². The zero-order chi connectivity index (χ0) is 15.0. The minimum atomic E-state index is -0.189. The smallest absolute Gasteiger partial charge is 0.316 e. The summed E-state index contributed by atoms with van der Waals surface area (Å²) in [5.41, 5.74) is 1.40. The molecule has 2 heterocycles. The number of carbonyl (C=O) groups excluding carboxylic acids is 1. The lowest BCUT2D eigenvalue weighted by molar-refractivity contribution is -0.144. The molecular weight excluding hydrogens is 304 g/mol. The van der Waals surface area contributed by atoms with E-state index < -0.39 is 0 Å². The Morgan fingerprint density at radius 3 is 2.95 bits per heavy atom. The van der Waals surface area contributed by atoms with Crippen LogP contribution >= 0.6 is 23.1 Å². The van der Waals surface area contributed by atoms with E-state index in [1.165, 1.54) is 34.0 Å². The van der Waals surface area contributed by atoms with Crippen LogP contribution in [0.3, 0.4) is 0 Å². The average Bonchev–Trinajstić information content (AvgIpc) is 2.94. The van der Waals surface area contributed by atoms with Crippen molar-refractivity contribution in [1.29, 1.82) is 0 Å². The molecule has 1 aliphatic carbocycles. The Bertz CT molecular complexity index is 695. The maximum absolute atomic E-state index is 11.7. The molecule has 21 heavy (non-hydrogen) atoms. The Labute approximate surface area is 132 Å². The number of hydrogen-bond acceptors (Lipinski definition) is 6. The molecule has 0 bridgehead atoms. The van der Waals surface area contributed by atoms with Gasteiger partial charge in [-0.2, -0.15) is 0 Å². The third kappa shape index (κ3) is 3.06. The van der Waals surface area contributed by atoms with Crippen LogP contribution in [0, 0.1) is 6.92 Å². The third-order valence-corrected chi connectivity index (χ3v) is 5.47. The summed E-state index contributed by atoms with van der Waals surface area (Å²) in [4.78, 5) is 23.3. The quantitative estimate of drug-likeness (QED) is 0.489. The molecule has 6 heteroatoms. The van der Waals surface area contributed by atoms with Gasteiger partial charge < -0.3 is 4.74 Å². The molecule has 0 spiro atoms. The lowest BCUT2D eigenvalue weighted by atomic mass is 10.2. The molecule has 0 aliphatic heterocycles. The first-order valence-electron chi connectivity index (χ1n) is 7.15. The lowest BCUT2D eigenvalue weighted by Gasteiger charge is -2.08. The molecule has 0 radical (unpaired) electrons. The number of carbonyl (C=O) groups is 1. The molecule has 2 aromatic heterocycles. The van der Waals surface area contributed by atoms with Crippen LogP contribution < -0.4 is 0 Å². The van der Waals surface area contributed by atoms with E-state index in [0.717, 1.165) is 28.5 Å². The van der Waals surface area contributed by atoms with Gasteiger partial charge in [0.2, 0.25) is 0 Å². The highest BCUT2D eigenvalue weighted by Gasteiger charge is 2.22. The molecule has 0 amide bonds. The van der Waals surface area contributed by atoms with Crippen LogP contribution in [0.2, 0.25) is 0 Å². The first-order chi connectivity index (χ1) is 10.0. The van der Waals surface area contributed by atoms with Crippen molar-refractivity contribution in [3.63, 3.8) is 0 Å². The summed E-state index contributed by atoms with van der Waals surface area (Å²) >= 11 is 3.24. The highest BCUT2D eigenvalue weighted by atomic mass is 32.2. The van der Waals surface area contributed by atoms with Gasteiger partial charge in [0.15, 0.2) is 0 Å². The number of thiophene rings is 1. The number of nitrogens with zero attached hydrogens (tertiary/aromatic N) is 2. The second kappa shape index (κ2) is 5.93. The van der Waals surface area contributed by atoms with Crippen LogP contribution in [0.25, 0.3) is 10.2 Å². The van der Waals surface area contributed by atoms with Crippen molar-refractivity contribution in [2.45, 2.75) is 51.2 Å². The van der Waals surface area contributed by atoms with Crippen molar-refractivity contribution in [1.82, 2.24) is 9.97 Å². The molecule has 0 fully saturated rings. The second-order valence-electron chi connectivity index (χ2n) is 5.44. The summed E-state index contributed by atoms with van der Waals surface area (Å²) in [6, 6.07) is 0. The summed E-state index contributed by atoms with van der Waals surface area (Å²) in [6.07, 6.45) is 3.39. The maximum Gasteiger partial charge on any atom is 0.316 e. The molecule has 112 valence electrons. The van der Waals surface area contributed by atoms with E-state index in [1.807, 2.05) is 20.8 Å². The first-order valence-corrected chi connectivity index (χ1v) is 8.96. The van der Waals surface area contributed by atoms with Gasteiger partial charge in [-0.15, -0.1) is 11.3 Å². The summed E-state index contributed by atoms with van der Waals surface area (Å²) < 4.78 is 5.19. The maximum atomic E-state index is 11.7. The fourth-order valence-corrected chi connectivity index (χ4v) is 4.85. The summed E-state index contributed by atoms with van der Waals surface area (Å²) in [7, 11) is 0. The van der Waals surface area contributed by atoms with Gasteiger partial charge in [0.05, 0.1) is 11.9 Å². The van der Waals surface area contributed by atoms with Crippen LogP contribution in [0.1, 0.15) is 36.5 Å². The highest BCUT2D eigenvalue weighted by Crippen LogP contribution is 2.40. The predicted molar refractivity (Wildman–Crippen MR) is 86.1 cm³/mol. The number of hydrogen-bond donors (Lipinski definition) is 0. The standard InChI is InChI=1S/C15H18N2O2S2/c1-8(2)19-12(18)7-20-14-13-10-5-4-6-11(10)21-15(13)17-9(3)16-14/h8H,4-7H2,1-3H3. The van der Waals surface area contributed by atoms with Gasteiger partial charge in [-0.05, 0) is 45.6 Å². The Balaban J connectivity index is 1.89. The first kappa shape index (κ1) is 14.8. The fraction of sp³-hybridized carbons (Fsp3) is 0.533. The largest absolute Gasteiger partial charge is 0.462 e. The van der Waals surface area contributed by atoms with Gasteiger partial charge in [0.25, 0.3) is 0 Å². The van der Waals surface area contributed by atoms with Crippen molar-refractivity contribution in [2.75, 3.05) is 5.75 Å². The number of thioether (sulfide) groups is 1. The van der Waals surface area contributed by atoms with Gasteiger partial charge in [0.1, 0.15) is 15.7 Å². The van der Waals surface area contributed by atoms with Gasteiger partial charge in [0, 0.05) is 10.3 Å². The highest BCUT2D eigenvalue weighted by molar-refractivity contribution is 8.00. The number of aryl methyl sites for hydroxylation is 3. The SMILES string of the molecule is Cc1nc(SCC(=O)OC(C)C)c2c3c(sc2n1)CCC3. The monoisotopic (exact) mass is 322 g/mol. The van der Waals surface area contributed by atoms with Crippen LogP contribution in [-0.4, -0.2) is 27.8 Å². The van der Waals surface area contributed by atoms with E-state index in [2.05, 4.69) is 9.97 Å². The number of rotatable bonds is 4. The zero-order valence-electron chi connectivity index (χ0n) is 12.4. The molecule has 4 nitrogen and oxygen atoms in total. The summed E-state index contributed by atoms with van der Waals surface area (Å²) in [6.45, 7) is 5.63. The minimum Gasteiger partial charge on any atom is -0.462 e. The van der Waals surface area contributed by atoms with Crippen LogP contribution in [0.15, 0.2) is 5.03 Å². The van der Waals surface area contributed by atoms with E-state index in [-0.39, 0.29) is 12.1 Å². The molecule has 0 aromatic carbocycles. The normalized spacial score (nSPS) is 13.9. The van der Waals surface area contributed by atoms with Gasteiger partial charge in [-0.3, -0.25) is 4.79 Å². The summed E-state index contributed by atoms with van der Waals surface area (Å²) in [5, 5.41) is 2.10. The molecule has 0 atom stereocenters. The van der Waals surface area contributed by atoms with Crippen molar-refractivity contribution in [3.05, 3.63) is 16.3 Å². The summed E-state index contributed by atoms with van der Waals surface area (Å²) in [5.74, 6) is 0.877. The topological polar surface area (TPSA) is 52.1 Å². The minimum absolute atomic E-state index is 0.0735. The predicted octanol–water partition coefficient (Wildman–Crippen LogP) is 3.53. The Morgan fingerprint density at radius 2 is 2.19 bits per heavy atom. The molecule has 0 saturated heterocycles. The molecular formula is C15H18N2O2S2. The van der Waals surface area contributed by atoms with Gasteiger partial charge >= 0.3 is 5.97 Å². The average molecular weight is 322 g/mol.